The van der Waals surface area contributed by atoms with E-state index in [9.17, 15) is 4.79 Å². The van der Waals surface area contributed by atoms with Gasteiger partial charge < -0.3 is 20.5 Å². The smallest absolute Gasteiger partial charge is 0.217 e. The molecule has 0 radical (unpaired) electrons. The number of hydrogen-bond acceptors (Lipinski definition) is 4. The van der Waals surface area contributed by atoms with Crippen LogP contribution in [0.15, 0.2) is 43.0 Å². The highest BCUT2D eigenvalue weighted by Crippen LogP contribution is 2.25. The number of nitrogens with two attached hydrogens (primary N) is 1. The molecule has 2 aromatic rings. The summed E-state index contributed by atoms with van der Waals surface area (Å²) < 4.78 is 11.1. The largest absolute Gasteiger partial charge is 0.497 e. The van der Waals surface area contributed by atoms with E-state index in [1.165, 1.54) is 6.92 Å². The number of hydrogen-bond donors (Lipinski definition) is 2. The Labute approximate surface area is 142 Å². The predicted octanol–water partition coefficient (Wildman–Crippen LogP) is 3.14. The van der Waals surface area contributed by atoms with Crippen LogP contribution in [0.2, 0.25) is 0 Å². The highest BCUT2D eigenvalue weighted by molar-refractivity contribution is 5.72. The van der Waals surface area contributed by atoms with Crippen molar-refractivity contribution in [3.05, 3.63) is 59.7 Å². The van der Waals surface area contributed by atoms with Crippen LogP contribution in [0.1, 0.15) is 23.6 Å². The summed E-state index contributed by atoms with van der Waals surface area (Å²) in [6.45, 7) is 6.06. The zero-order valence-electron chi connectivity index (χ0n) is 14.0. The molecule has 2 rings (SSSR count). The second-order valence-corrected chi connectivity index (χ2v) is 5.39. The van der Waals surface area contributed by atoms with E-state index in [1.807, 2.05) is 24.3 Å². The van der Waals surface area contributed by atoms with Gasteiger partial charge in [0.25, 0.3) is 0 Å². The summed E-state index contributed by atoms with van der Waals surface area (Å²) in [6, 6.07) is 11.3. The second kappa shape index (κ2) is 8.06. The van der Waals surface area contributed by atoms with E-state index in [0.717, 1.165) is 22.4 Å². The number of rotatable bonds is 7. The molecule has 0 saturated heterocycles. The third kappa shape index (κ3) is 4.78. The molecule has 0 unspecified atom stereocenters. The van der Waals surface area contributed by atoms with Gasteiger partial charge in [-0.3, -0.25) is 4.79 Å². The summed E-state index contributed by atoms with van der Waals surface area (Å²) in [6.07, 6.45) is 1.76. The maximum absolute atomic E-state index is 10.9. The number of methoxy groups -OCH3 is 1. The first-order valence-corrected chi connectivity index (χ1v) is 7.58. The molecule has 2 aromatic carbocycles. The Hall–Kier alpha value is -2.95. The molecule has 0 aromatic heterocycles. The molecule has 0 atom stereocenters. The lowest BCUT2D eigenvalue weighted by atomic mass is 10.1. The van der Waals surface area contributed by atoms with Gasteiger partial charge in [0.15, 0.2) is 0 Å². The fourth-order valence-corrected chi connectivity index (χ4v) is 2.23. The molecule has 3 N–H and O–H groups in total. The molecule has 0 aliphatic heterocycles. The summed E-state index contributed by atoms with van der Waals surface area (Å²) >= 11 is 0. The summed E-state index contributed by atoms with van der Waals surface area (Å²) in [4.78, 5) is 10.9. The van der Waals surface area contributed by atoms with Gasteiger partial charge in [-0.05, 0) is 47.0 Å². The van der Waals surface area contributed by atoms with Crippen LogP contribution in [0.4, 0.5) is 5.69 Å². The van der Waals surface area contributed by atoms with Gasteiger partial charge in [0, 0.05) is 13.5 Å². The van der Waals surface area contributed by atoms with Gasteiger partial charge in [0.1, 0.15) is 18.1 Å². The predicted molar refractivity (Wildman–Crippen MR) is 95.8 cm³/mol. The van der Waals surface area contributed by atoms with Crippen molar-refractivity contribution in [3.63, 3.8) is 0 Å². The van der Waals surface area contributed by atoms with Gasteiger partial charge in [0.05, 0.1) is 12.8 Å². The fourth-order valence-electron chi connectivity index (χ4n) is 2.23. The average molecular weight is 326 g/mol. The molecular formula is C19H22N2O3. The van der Waals surface area contributed by atoms with Crippen LogP contribution in [-0.4, -0.2) is 13.0 Å². The van der Waals surface area contributed by atoms with E-state index in [0.29, 0.717) is 24.6 Å². The Kier molecular flexibility index (Phi) is 5.84. The van der Waals surface area contributed by atoms with E-state index < -0.39 is 0 Å². The number of carbonyl (C=O) groups excluding carboxylic acids is 1. The van der Waals surface area contributed by atoms with Crippen LogP contribution in [0.25, 0.3) is 6.08 Å². The number of anilines is 1. The van der Waals surface area contributed by atoms with Gasteiger partial charge in [-0.25, -0.2) is 0 Å². The van der Waals surface area contributed by atoms with E-state index in [1.54, 1.807) is 25.3 Å². The van der Waals surface area contributed by atoms with E-state index in [4.69, 9.17) is 15.2 Å². The first-order chi connectivity index (χ1) is 11.5. The lowest BCUT2D eigenvalue weighted by Crippen LogP contribution is -2.18. The zero-order valence-corrected chi connectivity index (χ0v) is 14.0. The van der Waals surface area contributed by atoms with Crippen molar-refractivity contribution in [2.45, 2.75) is 20.1 Å². The molecule has 0 bridgehead atoms. The standard InChI is InChI=1S/C19H22N2O3/c1-4-14-7-16(9-17(8-14)23-3)12-24-19-6-5-15(10-18(19)20)11-21-13(2)22/h4-10H,1,11-12,20H2,2-3H3,(H,21,22). The van der Waals surface area contributed by atoms with Crippen molar-refractivity contribution in [1.29, 1.82) is 0 Å². The Morgan fingerprint density at radius 3 is 2.67 bits per heavy atom. The fraction of sp³-hybridized carbons (Fsp3) is 0.211. The Morgan fingerprint density at radius 1 is 1.25 bits per heavy atom. The maximum Gasteiger partial charge on any atom is 0.217 e. The van der Waals surface area contributed by atoms with Crippen molar-refractivity contribution in [3.8, 4) is 11.5 Å². The first kappa shape index (κ1) is 17.4. The Bertz CT molecular complexity index is 741. The van der Waals surface area contributed by atoms with E-state index in [2.05, 4.69) is 11.9 Å². The molecule has 5 heteroatoms. The Morgan fingerprint density at radius 2 is 2.04 bits per heavy atom. The van der Waals surface area contributed by atoms with Crippen LogP contribution in [0.5, 0.6) is 11.5 Å². The topological polar surface area (TPSA) is 73.6 Å². The quantitative estimate of drug-likeness (QED) is 0.767. The maximum atomic E-state index is 10.9. The van der Waals surface area contributed by atoms with Crippen molar-refractivity contribution in [1.82, 2.24) is 5.32 Å². The number of nitrogen functional groups attached to an aromatic ring is 1. The van der Waals surface area contributed by atoms with Crippen molar-refractivity contribution < 1.29 is 14.3 Å². The minimum absolute atomic E-state index is 0.0788. The first-order valence-electron chi connectivity index (χ1n) is 7.58. The molecule has 5 nitrogen and oxygen atoms in total. The molecular weight excluding hydrogens is 304 g/mol. The van der Waals surface area contributed by atoms with Crippen molar-refractivity contribution in [2.75, 3.05) is 12.8 Å². The molecule has 0 heterocycles. The zero-order chi connectivity index (χ0) is 17.5. The lowest BCUT2D eigenvalue weighted by Gasteiger charge is -2.12. The van der Waals surface area contributed by atoms with Gasteiger partial charge >= 0.3 is 0 Å². The average Bonchev–Trinajstić information content (AvgIpc) is 2.58. The van der Waals surface area contributed by atoms with Crippen LogP contribution >= 0.6 is 0 Å². The molecule has 126 valence electrons. The van der Waals surface area contributed by atoms with Gasteiger partial charge in [-0.15, -0.1) is 0 Å². The summed E-state index contributed by atoms with van der Waals surface area (Å²) in [5.74, 6) is 1.28. The normalized spacial score (nSPS) is 10.1. The van der Waals surface area contributed by atoms with Crippen LogP contribution in [0, 0.1) is 0 Å². The van der Waals surface area contributed by atoms with Crippen LogP contribution in [-0.2, 0) is 17.9 Å². The summed E-state index contributed by atoms with van der Waals surface area (Å²) in [5, 5.41) is 2.73. The number of benzene rings is 2. The van der Waals surface area contributed by atoms with Crippen molar-refractivity contribution in [2.24, 2.45) is 0 Å². The van der Waals surface area contributed by atoms with Crippen molar-refractivity contribution >= 4 is 17.7 Å². The highest BCUT2D eigenvalue weighted by Gasteiger charge is 2.05. The molecule has 0 fully saturated rings. The van der Waals surface area contributed by atoms with Crippen LogP contribution in [0.3, 0.4) is 0 Å². The number of amides is 1. The lowest BCUT2D eigenvalue weighted by molar-refractivity contribution is -0.119. The van der Waals surface area contributed by atoms with E-state index >= 15 is 0 Å². The van der Waals surface area contributed by atoms with Gasteiger partial charge in [0.2, 0.25) is 5.91 Å². The third-order valence-corrected chi connectivity index (χ3v) is 3.47. The number of carbonyl (C=O) groups is 1. The molecule has 0 saturated carbocycles. The summed E-state index contributed by atoms with van der Waals surface area (Å²) in [5.41, 5.74) is 9.41. The number of ether oxygens (including phenoxy) is 2. The molecule has 1 amide bonds. The second-order valence-electron chi connectivity index (χ2n) is 5.39. The molecule has 0 aliphatic carbocycles. The summed E-state index contributed by atoms with van der Waals surface area (Å²) in [7, 11) is 1.62. The SMILES string of the molecule is C=Cc1cc(COc2ccc(CNC(C)=O)cc2N)cc(OC)c1. The number of nitrogens with one attached hydrogen (secondary N) is 1. The molecule has 0 spiro atoms. The molecule has 0 aliphatic rings. The minimum atomic E-state index is -0.0788. The van der Waals surface area contributed by atoms with Gasteiger partial charge in [-0.2, -0.15) is 0 Å². The molecule has 24 heavy (non-hydrogen) atoms. The van der Waals surface area contributed by atoms with Gasteiger partial charge in [-0.1, -0.05) is 18.7 Å². The monoisotopic (exact) mass is 326 g/mol. The minimum Gasteiger partial charge on any atom is -0.497 e. The Balaban J connectivity index is 2.06. The van der Waals surface area contributed by atoms with E-state index in [-0.39, 0.29) is 5.91 Å². The van der Waals surface area contributed by atoms with Crippen LogP contribution < -0.4 is 20.5 Å². The highest BCUT2D eigenvalue weighted by atomic mass is 16.5. The third-order valence-electron chi connectivity index (χ3n) is 3.47.